The number of ether oxygens (including phenoxy) is 3. The summed E-state index contributed by atoms with van der Waals surface area (Å²) in [5.74, 6) is -0.136. The zero-order valence-corrected chi connectivity index (χ0v) is 14.6. The molecule has 0 radical (unpaired) electrons. The van der Waals surface area contributed by atoms with Gasteiger partial charge in [-0.25, -0.2) is 4.79 Å². The molecule has 1 aromatic carbocycles. The third kappa shape index (κ3) is 4.61. The maximum atomic E-state index is 12.2. The average molecular weight is 323 g/mol. The van der Waals surface area contributed by atoms with Crippen molar-refractivity contribution in [3.05, 3.63) is 23.8 Å². The Morgan fingerprint density at radius 3 is 2.13 bits per heavy atom. The van der Waals surface area contributed by atoms with Crippen LogP contribution in [0.25, 0.3) is 0 Å². The number of carbonyl (C=O) groups excluding carboxylic acids is 2. The minimum Gasteiger partial charge on any atom is -0.493 e. The van der Waals surface area contributed by atoms with E-state index in [-0.39, 0.29) is 35.9 Å². The van der Waals surface area contributed by atoms with Gasteiger partial charge in [0.25, 0.3) is 5.91 Å². The Morgan fingerprint density at radius 2 is 1.65 bits per heavy atom. The molecule has 6 heteroatoms. The largest absolute Gasteiger partial charge is 0.493 e. The van der Waals surface area contributed by atoms with Crippen LogP contribution in [0.15, 0.2) is 18.2 Å². The van der Waals surface area contributed by atoms with Crippen LogP contribution < -0.4 is 9.47 Å². The molecule has 23 heavy (non-hydrogen) atoms. The molecular formula is C17H25NO5. The maximum absolute atomic E-state index is 12.2. The Morgan fingerprint density at radius 1 is 1.04 bits per heavy atom. The van der Waals surface area contributed by atoms with E-state index >= 15 is 0 Å². The number of benzene rings is 1. The molecule has 0 aliphatic carbocycles. The minimum absolute atomic E-state index is 0.0348. The second-order valence-electron chi connectivity index (χ2n) is 5.61. The summed E-state index contributed by atoms with van der Waals surface area (Å²) in [5, 5.41) is 0. The van der Waals surface area contributed by atoms with E-state index in [2.05, 4.69) is 0 Å². The second-order valence-corrected chi connectivity index (χ2v) is 5.61. The number of esters is 1. The van der Waals surface area contributed by atoms with Gasteiger partial charge in [-0.3, -0.25) is 4.79 Å². The highest BCUT2D eigenvalue weighted by molar-refractivity contribution is 5.95. The molecule has 0 bridgehead atoms. The lowest BCUT2D eigenvalue weighted by molar-refractivity contribution is -0.138. The molecule has 0 aromatic heterocycles. The molecule has 6 nitrogen and oxygen atoms in total. The molecule has 0 unspecified atom stereocenters. The lowest BCUT2D eigenvalue weighted by Crippen LogP contribution is -2.44. The van der Waals surface area contributed by atoms with Crippen molar-refractivity contribution < 1.29 is 23.8 Å². The number of hydrogen-bond acceptors (Lipinski definition) is 5. The lowest BCUT2D eigenvalue weighted by atomic mass is 10.2. The molecule has 1 aromatic rings. The van der Waals surface area contributed by atoms with Crippen molar-refractivity contribution >= 4 is 11.9 Å². The summed E-state index contributed by atoms with van der Waals surface area (Å²) in [5.41, 5.74) is 0.222. The molecule has 0 aliphatic heterocycles. The first kappa shape index (κ1) is 18.8. The third-order valence-corrected chi connectivity index (χ3v) is 3.35. The lowest BCUT2D eigenvalue weighted by Gasteiger charge is -2.30. The molecule has 0 saturated carbocycles. The zero-order chi connectivity index (χ0) is 17.6. The monoisotopic (exact) mass is 323 g/mol. The van der Waals surface area contributed by atoms with E-state index in [4.69, 9.17) is 14.2 Å². The van der Waals surface area contributed by atoms with Gasteiger partial charge in [-0.05, 0) is 39.8 Å². The van der Waals surface area contributed by atoms with Crippen LogP contribution in [0.5, 0.6) is 11.5 Å². The molecule has 0 aliphatic rings. The smallest absolute Gasteiger partial charge is 0.342 e. The first-order valence-corrected chi connectivity index (χ1v) is 7.52. The Kier molecular flexibility index (Phi) is 6.88. The summed E-state index contributed by atoms with van der Waals surface area (Å²) in [7, 11) is 2.93. The van der Waals surface area contributed by atoms with Crippen molar-refractivity contribution in [2.24, 2.45) is 0 Å². The molecule has 1 amide bonds. The molecule has 1 rings (SSSR count). The Labute approximate surface area is 137 Å². The molecule has 128 valence electrons. The summed E-state index contributed by atoms with van der Waals surface area (Å²) >= 11 is 0. The van der Waals surface area contributed by atoms with Crippen LogP contribution in [0, 0.1) is 0 Å². The Balaban J connectivity index is 2.83. The fraction of sp³-hybridized carbons (Fsp3) is 0.529. The average Bonchev–Trinajstić information content (AvgIpc) is 2.50. The predicted molar refractivity (Wildman–Crippen MR) is 86.9 cm³/mol. The van der Waals surface area contributed by atoms with Gasteiger partial charge in [0.1, 0.15) is 5.56 Å². The summed E-state index contributed by atoms with van der Waals surface area (Å²) in [6.45, 7) is 7.38. The van der Waals surface area contributed by atoms with Crippen molar-refractivity contribution in [1.29, 1.82) is 0 Å². The van der Waals surface area contributed by atoms with Gasteiger partial charge >= 0.3 is 5.97 Å². The van der Waals surface area contributed by atoms with E-state index in [1.54, 1.807) is 23.1 Å². The SMILES string of the molecule is COc1cccc(C(=O)OCC(=O)N(C(C)C)C(C)C)c1OC. The normalized spacial score (nSPS) is 10.6. The third-order valence-electron chi connectivity index (χ3n) is 3.35. The van der Waals surface area contributed by atoms with E-state index in [0.717, 1.165) is 0 Å². The Bertz CT molecular complexity index is 546. The molecule has 0 heterocycles. The van der Waals surface area contributed by atoms with Crippen LogP contribution in [0.2, 0.25) is 0 Å². The topological polar surface area (TPSA) is 65.1 Å². The van der Waals surface area contributed by atoms with E-state index < -0.39 is 5.97 Å². The summed E-state index contributed by atoms with van der Waals surface area (Å²) in [6.07, 6.45) is 0. The van der Waals surface area contributed by atoms with Crippen molar-refractivity contribution in [1.82, 2.24) is 4.90 Å². The fourth-order valence-electron chi connectivity index (χ4n) is 2.50. The second kappa shape index (κ2) is 8.41. The number of hydrogen-bond donors (Lipinski definition) is 0. The number of amides is 1. The maximum Gasteiger partial charge on any atom is 0.342 e. The van der Waals surface area contributed by atoms with E-state index in [9.17, 15) is 9.59 Å². The van der Waals surface area contributed by atoms with Crippen LogP contribution in [0.1, 0.15) is 38.1 Å². The van der Waals surface area contributed by atoms with Crippen LogP contribution in [0.3, 0.4) is 0 Å². The van der Waals surface area contributed by atoms with Crippen LogP contribution in [-0.4, -0.2) is 49.7 Å². The van der Waals surface area contributed by atoms with Gasteiger partial charge in [0.05, 0.1) is 14.2 Å². The van der Waals surface area contributed by atoms with Gasteiger partial charge in [0.15, 0.2) is 18.1 Å². The molecule has 0 spiro atoms. The van der Waals surface area contributed by atoms with Crippen molar-refractivity contribution in [3.8, 4) is 11.5 Å². The number of rotatable bonds is 7. The quantitative estimate of drug-likeness (QED) is 0.721. The van der Waals surface area contributed by atoms with Gasteiger partial charge in [-0.15, -0.1) is 0 Å². The summed E-state index contributed by atoms with van der Waals surface area (Å²) in [4.78, 5) is 26.1. The molecule has 0 saturated heterocycles. The summed E-state index contributed by atoms with van der Waals surface area (Å²) < 4.78 is 15.5. The fourth-order valence-corrected chi connectivity index (χ4v) is 2.50. The van der Waals surface area contributed by atoms with Gasteiger partial charge in [0, 0.05) is 12.1 Å². The van der Waals surface area contributed by atoms with Gasteiger partial charge in [-0.1, -0.05) is 6.07 Å². The van der Waals surface area contributed by atoms with E-state index in [0.29, 0.717) is 5.75 Å². The van der Waals surface area contributed by atoms with Crippen molar-refractivity contribution in [2.45, 2.75) is 39.8 Å². The number of para-hydroxylation sites is 1. The van der Waals surface area contributed by atoms with Crippen LogP contribution in [-0.2, 0) is 9.53 Å². The van der Waals surface area contributed by atoms with Gasteiger partial charge in [-0.2, -0.15) is 0 Å². The van der Waals surface area contributed by atoms with E-state index in [1.807, 2.05) is 27.7 Å². The predicted octanol–water partition coefficient (Wildman–Crippen LogP) is 2.51. The van der Waals surface area contributed by atoms with Crippen molar-refractivity contribution in [3.63, 3.8) is 0 Å². The number of carbonyl (C=O) groups is 2. The molecule has 0 fully saturated rings. The number of nitrogens with zero attached hydrogens (tertiary/aromatic N) is 1. The van der Waals surface area contributed by atoms with Crippen LogP contribution in [0.4, 0.5) is 0 Å². The van der Waals surface area contributed by atoms with Gasteiger partial charge in [0.2, 0.25) is 0 Å². The highest BCUT2D eigenvalue weighted by Crippen LogP contribution is 2.31. The number of methoxy groups -OCH3 is 2. The highest BCUT2D eigenvalue weighted by atomic mass is 16.5. The Hall–Kier alpha value is -2.24. The van der Waals surface area contributed by atoms with Crippen LogP contribution >= 0.6 is 0 Å². The molecule has 0 N–H and O–H groups in total. The first-order valence-electron chi connectivity index (χ1n) is 7.52. The van der Waals surface area contributed by atoms with E-state index in [1.165, 1.54) is 14.2 Å². The zero-order valence-electron chi connectivity index (χ0n) is 14.6. The van der Waals surface area contributed by atoms with Crippen molar-refractivity contribution in [2.75, 3.05) is 20.8 Å². The molecule has 0 atom stereocenters. The highest BCUT2D eigenvalue weighted by Gasteiger charge is 2.23. The summed E-state index contributed by atoms with van der Waals surface area (Å²) in [6, 6.07) is 4.98. The molecular weight excluding hydrogens is 298 g/mol. The van der Waals surface area contributed by atoms with Gasteiger partial charge < -0.3 is 19.1 Å². The minimum atomic E-state index is -0.624. The standard InChI is InChI=1S/C17H25NO5/c1-11(2)18(12(3)4)15(19)10-23-17(20)13-8-7-9-14(21-5)16(13)22-6/h7-9,11-12H,10H2,1-6H3. The first-order chi connectivity index (χ1) is 10.8.